The van der Waals surface area contributed by atoms with Crippen molar-refractivity contribution in [2.24, 2.45) is 11.1 Å². The van der Waals surface area contributed by atoms with Gasteiger partial charge in [-0.15, -0.1) is 0 Å². The van der Waals surface area contributed by atoms with Gasteiger partial charge in [0.2, 0.25) is 0 Å². The van der Waals surface area contributed by atoms with Crippen LogP contribution in [0.15, 0.2) is 64.7 Å². The zero-order chi connectivity index (χ0) is 28.8. The number of rotatable bonds is 4. The number of nitriles is 3. The molecule has 1 aliphatic heterocycles. The number of nitrogens with one attached hydrogen (secondary N) is 2. The lowest BCUT2D eigenvalue weighted by Crippen LogP contribution is -2.49. The fourth-order valence-corrected chi connectivity index (χ4v) is 6.98. The molecular weight excluding hydrogens is 536 g/mol. The first-order valence-corrected chi connectivity index (χ1v) is 12.6. The van der Waals surface area contributed by atoms with Crippen molar-refractivity contribution in [1.29, 1.82) is 15.8 Å². The smallest absolute Gasteiger partial charge is 0.306 e. The summed E-state index contributed by atoms with van der Waals surface area (Å²) in [5, 5.41) is 56.9. The van der Waals surface area contributed by atoms with Crippen molar-refractivity contribution in [2.75, 3.05) is 5.32 Å². The van der Waals surface area contributed by atoms with Gasteiger partial charge in [-0.25, -0.2) is 0 Å². The zero-order valence-electron chi connectivity index (χ0n) is 20.5. The summed E-state index contributed by atoms with van der Waals surface area (Å²) in [5.74, 6) is -1.50. The molecule has 13 nitrogen and oxygen atoms in total. The van der Waals surface area contributed by atoms with E-state index in [0.717, 1.165) is 11.3 Å². The molecular formula is C26H18N8O5S. The fraction of sp³-hybridized carbons (Fsp3) is 0.231. The molecule has 14 heteroatoms. The Balaban J connectivity index is 1.81. The van der Waals surface area contributed by atoms with Crippen LogP contribution in [0.5, 0.6) is 0 Å². The number of aromatic nitrogens is 1. The highest BCUT2D eigenvalue weighted by molar-refractivity contribution is 7.10. The highest BCUT2D eigenvalue weighted by atomic mass is 32.1. The van der Waals surface area contributed by atoms with E-state index >= 15 is 0 Å². The molecule has 2 aromatic carbocycles. The van der Waals surface area contributed by atoms with Gasteiger partial charge in [0.15, 0.2) is 5.41 Å². The van der Waals surface area contributed by atoms with E-state index in [1.54, 1.807) is 0 Å². The number of thiazole rings is 1. The molecule has 2 unspecified atom stereocenters. The summed E-state index contributed by atoms with van der Waals surface area (Å²) in [5.41, 5.74) is 3.94. The predicted molar refractivity (Wildman–Crippen MR) is 142 cm³/mol. The average Bonchev–Trinajstić information content (AvgIpc) is 3.33. The van der Waals surface area contributed by atoms with E-state index in [1.165, 1.54) is 48.5 Å². The summed E-state index contributed by atoms with van der Waals surface area (Å²) in [4.78, 5) is 36.7. The van der Waals surface area contributed by atoms with E-state index in [2.05, 4.69) is 28.5 Å². The third-order valence-corrected chi connectivity index (χ3v) is 8.88. The monoisotopic (exact) mass is 554 g/mol. The average molecular weight is 555 g/mol. The number of nitrogens with two attached hydrogens (primary N) is 1. The molecule has 40 heavy (non-hydrogen) atoms. The number of fused-ring (bicyclic) bond motifs is 2. The van der Waals surface area contributed by atoms with Gasteiger partial charge in [0, 0.05) is 41.5 Å². The molecule has 2 atom stereocenters. The first kappa shape index (κ1) is 26.1. The summed E-state index contributed by atoms with van der Waals surface area (Å²) in [6, 6.07) is 17.5. The second-order valence-corrected chi connectivity index (χ2v) is 10.6. The molecule has 0 bridgehead atoms. The SMILES string of the molecule is N#CC1=C(N)Nc2[nH]c(=O)sc2C12CC(c1ccc([N+](=O)[O-])cc1)C(C#N)(C#N)C(c1ccc([N+](=O)[O-])cc1)C2. The third-order valence-electron chi connectivity index (χ3n) is 7.79. The molecule has 3 aromatic rings. The van der Waals surface area contributed by atoms with Gasteiger partial charge in [-0.1, -0.05) is 35.6 Å². The maximum Gasteiger partial charge on any atom is 0.306 e. The topological polar surface area (TPSA) is 229 Å². The zero-order valence-corrected chi connectivity index (χ0v) is 21.3. The summed E-state index contributed by atoms with van der Waals surface area (Å²) in [6.45, 7) is 0. The van der Waals surface area contributed by atoms with Crippen LogP contribution >= 0.6 is 11.3 Å². The fourth-order valence-electron chi connectivity index (χ4n) is 5.98. The van der Waals surface area contributed by atoms with E-state index in [-0.39, 0.29) is 35.6 Å². The Morgan fingerprint density at radius 3 is 1.77 bits per heavy atom. The van der Waals surface area contributed by atoms with Crippen LogP contribution in [-0.2, 0) is 5.41 Å². The third kappa shape index (κ3) is 3.76. The Kier molecular flexibility index (Phi) is 6.10. The van der Waals surface area contributed by atoms with Gasteiger partial charge in [0.1, 0.15) is 11.6 Å². The molecule has 1 fully saturated rings. The minimum Gasteiger partial charge on any atom is -0.384 e. The molecule has 198 valence electrons. The van der Waals surface area contributed by atoms with Gasteiger partial charge < -0.3 is 11.1 Å². The minimum absolute atomic E-state index is 0.00960. The Labute approximate surface area is 229 Å². The van der Waals surface area contributed by atoms with Crippen molar-refractivity contribution >= 4 is 28.5 Å². The van der Waals surface area contributed by atoms with Crippen molar-refractivity contribution in [3.63, 3.8) is 0 Å². The van der Waals surface area contributed by atoms with Crippen molar-refractivity contribution in [1.82, 2.24) is 4.98 Å². The minimum atomic E-state index is -1.75. The number of anilines is 1. The summed E-state index contributed by atoms with van der Waals surface area (Å²) in [6.07, 6.45) is 0.0307. The van der Waals surface area contributed by atoms with Crippen LogP contribution in [0.3, 0.4) is 0 Å². The lowest BCUT2D eigenvalue weighted by Gasteiger charge is -2.51. The molecule has 4 N–H and O–H groups in total. The molecule has 2 aliphatic rings. The molecule has 1 aliphatic carbocycles. The van der Waals surface area contributed by atoms with E-state index in [4.69, 9.17) is 5.73 Å². The Hall–Kier alpha value is -5.52. The lowest BCUT2D eigenvalue weighted by molar-refractivity contribution is -0.385. The molecule has 0 radical (unpaired) electrons. The molecule has 0 amide bonds. The number of non-ortho nitro benzene ring substituents is 2. The van der Waals surface area contributed by atoms with Crippen LogP contribution in [0.2, 0.25) is 0 Å². The van der Waals surface area contributed by atoms with Gasteiger partial charge in [-0.05, 0) is 24.0 Å². The molecule has 1 saturated carbocycles. The first-order chi connectivity index (χ1) is 19.1. The van der Waals surface area contributed by atoms with Crippen molar-refractivity contribution in [3.8, 4) is 18.2 Å². The number of allylic oxidation sites excluding steroid dienone is 1. The number of nitro benzene ring substituents is 2. The molecule has 1 spiro atoms. The highest BCUT2D eigenvalue weighted by Crippen LogP contribution is 2.64. The number of hydrogen-bond acceptors (Lipinski definition) is 11. The van der Waals surface area contributed by atoms with Gasteiger partial charge in [-0.3, -0.25) is 30.0 Å². The van der Waals surface area contributed by atoms with Gasteiger partial charge in [-0.2, -0.15) is 15.8 Å². The Morgan fingerprint density at radius 2 is 1.38 bits per heavy atom. The number of H-pyrrole nitrogens is 1. The van der Waals surface area contributed by atoms with Crippen LogP contribution in [-0.4, -0.2) is 14.8 Å². The second-order valence-electron chi connectivity index (χ2n) is 9.63. The second kappa shape index (κ2) is 9.34. The Morgan fingerprint density at radius 1 is 0.900 bits per heavy atom. The van der Waals surface area contributed by atoms with E-state index in [9.17, 15) is 40.8 Å². The Bertz CT molecular complexity index is 1690. The van der Waals surface area contributed by atoms with Crippen LogP contribution in [0.25, 0.3) is 0 Å². The highest BCUT2D eigenvalue weighted by Gasteiger charge is 2.61. The largest absolute Gasteiger partial charge is 0.384 e. The lowest BCUT2D eigenvalue weighted by atomic mass is 9.49. The molecule has 1 aromatic heterocycles. The summed E-state index contributed by atoms with van der Waals surface area (Å²) < 4.78 is 0. The van der Waals surface area contributed by atoms with E-state index < -0.39 is 37.4 Å². The standard InChI is InChI=1S/C26H18N8O5S/c27-11-20-22(30)31-23-21(40-24(35)32-23)25(20)9-18(14-1-5-16(6-2-14)33(36)37)26(12-28,13-29)19(10-25)15-3-7-17(8-4-15)34(38)39/h1-8,18-19,31H,9-10,30H2,(H,32,35). The number of benzene rings is 2. The molecule has 5 rings (SSSR count). The van der Waals surface area contributed by atoms with Crippen LogP contribution in [0, 0.1) is 59.6 Å². The number of aromatic amines is 1. The van der Waals surface area contributed by atoms with Crippen LogP contribution in [0.4, 0.5) is 17.2 Å². The molecule has 0 saturated heterocycles. The van der Waals surface area contributed by atoms with E-state index in [1.807, 2.05) is 0 Å². The first-order valence-electron chi connectivity index (χ1n) is 11.8. The van der Waals surface area contributed by atoms with Gasteiger partial charge >= 0.3 is 4.87 Å². The number of hydrogen-bond donors (Lipinski definition) is 3. The van der Waals surface area contributed by atoms with Gasteiger partial charge in [0.05, 0.1) is 38.5 Å². The van der Waals surface area contributed by atoms with Crippen molar-refractivity contribution < 1.29 is 9.85 Å². The predicted octanol–water partition coefficient (Wildman–Crippen LogP) is 4.00. The molecule has 2 heterocycles. The summed E-state index contributed by atoms with van der Waals surface area (Å²) in [7, 11) is 0. The quantitative estimate of drug-likeness (QED) is 0.310. The number of nitrogens with zero attached hydrogens (tertiary/aromatic N) is 5. The number of nitro groups is 2. The van der Waals surface area contributed by atoms with Crippen LogP contribution < -0.4 is 15.9 Å². The van der Waals surface area contributed by atoms with Crippen molar-refractivity contribution in [3.05, 3.63) is 106 Å². The van der Waals surface area contributed by atoms with Crippen molar-refractivity contribution in [2.45, 2.75) is 30.1 Å². The maximum absolute atomic E-state index is 12.5. The van der Waals surface area contributed by atoms with E-state index in [0.29, 0.717) is 21.8 Å². The maximum atomic E-state index is 12.5. The summed E-state index contributed by atoms with van der Waals surface area (Å²) >= 11 is 0.880. The normalized spacial score (nSPS) is 22.7. The van der Waals surface area contributed by atoms with Gasteiger partial charge in [0.25, 0.3) is 11.4 Å². The van der Waals surface area contributed by atoms with Crippen LogP contribution in [0.1, 0.15) is 40.7 Å².